The van der Waals surface area contributed by atoms with Crippen molar-refractivity contribution in [2.45, 2.75) is 5.16 Å². The first-order valence-electron chi connectivity index (χ1n) is 8.48. The number of hydrazone groups is 1. The first-order chi connectivity index (χ1) is 14.0. The Hall–Kier alpha value is -3.04. The van der Waals surface area contributed by atoms with Crippen LogP contribution in [-0.4, -0.2) is 35.2 Å². The van der Waals surface area contributed by atoms with Gasteiger partial charge >= 0.3 is 5.16 Å². The number of para-hydroxylation sites is 1. The van der Waals surface area contributed by atoms with Gasteiger partial charge in [-0.15, -0.1) is 5.10 Å². The van der Waals surface area contributed by atoms with E-state index in [0.29, 0.717) is 15.7 Å². The predicted molar refractivity (Wildman–Crippen MR) is 109 cm³/mol. The molecule has 10 heteroatoms. The molecular weight excluding hydrogens is 414 g/mol. The number of aromatic nitrogens is 3. The minimum Gasteiger partial charge on any atom is -0.870 e. The lowest BCUT2D eigenvalue weighted by molar-refractivity contribution is -0.698. The molecule has 0 fully saturated rings. The second-order valence-corrected chi connectivity index (χ2v) is 7.26. The fourth-order valence-electron chi connectivity index (χ4n) is 2.50. The van der Waals surface area contributed by atoms with Crippen LogP contribution in [0.15, 0.2) is 52.7 Å². The second-order valence-electron chi connectivity index (χ2n) is 5.88. The third-order valence-electron chi connectivity index (χ3n) is 3.93. The van der Waals surface area contributed by atoms with Crippen molar-refractivity contribution >= 4 is 35.5 Å². The largest absolute Gasteiger partial charge is 0.870 e. The van der Waals surface area contributed by atoms with E-state index in [1.165, 1.54) is 25.1 Å². The van der Waals surface area contributed by atoms with Gasteiger partial charge in [0.1, 0.15) is 5.75 Å². The summed E-state index contributed by atoms with van der Waals surface area (Å²) in [5.74, 6) is 0.480. The molecule has 0 unspecified atom stereocenters. The maximum Gasteiger partial charge on any atom is 0.337 e. The summed E-state index contributed by atoms with van der Waals surface area (Å²) in [6.07, 6.45) is 1.29. The number of thioether (sulfide) groups is 1. The van der Waals surface area contributed by atoms with Crippen molar-refractivity contribution in [1.82, 2.24) is 15.6 Å². The molecule has 1 heterocycles. The summed E-state index contributed by atoms with van der Waals surface area (Å²) < 4.78 is 6.81. The molecule has 1 amide bonds. The van der Waals surface area contributed by atoms with Crippen LogP contribution in [0.4, 0.5) is 0 Å². The van der Waals surface area contributed by atoms with E-state index in [4.69, 9.17) is 16.3 Å². The standard InChI is InChI=1S/C19H18ClN5O3S/c1-25-18(12-5-3-7-14(20)9-12)23-24-19(25)29-11-16(26)22-21-10-13-6-4-8-15(28-2)17(13)27/h3-10H,11H2,1-2H3,(H2,21,22,26,27). The molecule has 0 aliphatic heterocycles. The highest BCUT2D eigenvalue weighted by Gasteiger charge is 2.20. The molecule has 2 aromatic carbocycles. The van der Waals surface area contributed by atoms with Gasteiger partial charge in [-0.05, 0) is 41.6 Å². The number of methoxy groups -OCH3 is 1. The summed E-state index contributed by atoms with van der Waals surface area (Å²) in [6.45, 7) is 0. The Balaban J connectivity index is 1.58. The fraction of sp³-hybridized carbons (Fsp3) is 0.158. The Labute approximate surface area is 176 Å². The Kier molecular flexibility index (Phi) is 6.73. The molecule has 0 atom stereocenters. The van der Waals surface area contributed by atoms with E-state index in [1.54, 1.807) is 24.3 Å². The third kappa shape index (κ3) is 5.07. The van der Waals surface area contributed by atoms with E-state index in [1.807, 2.05) is 29.8 Å². The van der Waals surface area contributed by atoms with E-state index in [9.17, 15) is 9.90 Å². The van der Waals surface area contributed by atoms with Gasteiger partial charge in [0.2, 0.25) is 0 Å². The van der Waals surface area contributed by atoms with Crippen LogP contribution in [0, 0.1) is 0 Å². The zero-order chi connectivity index (χ0) is 20.8. The molecule has 0 aliphatic carbocycles. The summed E-state index contributed by atoms with van der Waals surface area (Å²) in [5.41, 5.74) is 3.61. The Morgan fingerprint density at radius 2 is 2.21 bits per heavy atom. The molecule has 150 valence electrons. The number of carbonyl (C=O) groups excluding carboxylic acids is 1. The first-order valence-corrected chi connectivity index (χ1v) is 9.85. The van der Waals surface area contributed by atoms with E-state index >= 15 is 0 Å². The number of hydrogen-bond donors (Lipinski definition) is 2. The van der Waals surface area contributed by atoms with E-state index in [2.05, 4.69) is 20.7 Å². The van der Waals surface area contributed by atoms with Crippen LogP contribution in [0.2, 0.25) is 5.02 Å². The zero-order valence-corrected chi connectivity index (χ0v) is 17.3. The summed E-state index contributed by atoms with van der Waals surface area (Å²) in [4.78, 5) is 12.0. The van der Waals surface area contributed by atoms with Crippen LogP contribution in [0.25, 0.3) is 11.4 Å². The average molecular weight is 432 g/mol. The zero-order valence-electron chi connectivity index (χ0n) is 15.7. The van der Waals surface area contributed by atoms with Gasteiger partial charge in [0.15, 0.2) is 0 Å². The van der Waals surface area contributed by atoms with E-state index in [0.717, 1.165) is 11.4 Å². The number of aromatic amines is 1. The van der Waals surface area contributed by atoms with Crippen LogP contribution >= 0.6 is 23.4 Å². The molecule has 0 saturated carbocycles. The molecule has 1 aromatic heterocycles. The highest BCUT2D eigenvalue weighted by molar-refractivity contribution is 7.99. The minimum atomic E-state index is -0.325. The number of halogens is 1. The van der Waals surface area contributed by atoms with Crippen molar-refractivity contribution < 1.29 is 19.2 Å². The average Bonchev–Trinajstić information content (AvgIpc) is 3.08. The monoisotopic (exact) mass is 431 g/mol. The number of amides is 1. The van der Waals surface area contributed by atoms with Gasteiger partial charge in [-0.3, -0.25) is 4.79 Å². The molecule has 29 heavy (non-hydrogen) atoms. The van der Waals surface area contributed by atoms with Gasteiger partial charge in [-0.25, -0.2) is 9.99 Å². The Bertz CT molecular complexity index is 1050. The molecule has 0 spiro atoms. The highest BCUT2D eigenvalue weighted by atomic mass is 35.5. The lowest BCUT2D eigenvalue weighted by Crippen LogP contribution is -2.32. The van der Waals surface area contributed by atoms with Crippen molar-refractivity contribution in [1.29, 1.82) is 0 Å². The normalized spacial score (nSPS) is 11.0. The van der Waals surface area contributed by atoms with Crippen LogP contribution < -0.4 is 19.8 Å². The molecule has 3 aromatic rings. The number of carbonyl (C=O) groups is 1. The Morgan fingerprint density at radius 1 is 1.41 bits per heavy atom. The lowest BCUT2D eigenvalue weighted by Gasteiger charge is -2.14. The van der Waals surface area contributed by atoms with Gasteiger partial charge < -0.3 is 9.84 Å². The molecule has 8 nitrogen and oxygen atoms in total. The SMILES string of the molecule is COc1cccc(C=NNC(=O)CSc2n[nH]c(-c3cccc(Cl)c3)[n+]2C)c1[O-]. The second kappa shape index (κ2) is 9.44. The summed E-state index contributed by atoms with van der Waals surface area (Å²) >= 11 is 7.28. The van der Waals surface area contributed by atoms with Gasteiger partial charge in [-0.2, -0.15) is 5.10 Å². The van der Waals surface area contributed by atoms with E-state index < -0.39 is 0 Å². The van der Waals surface area contributed by atoms with Crippen LogP contribution in [0.5, 0.6) is 11.5 Å². The van der Waals surface area contributed by atoms with Crippen LogP contribution in [0.3, 0.4) is 0 Å². The number of rotatable bonds is 7. The Morgan fingerprint density at radius 3 is 2.97 bits per heavy atom. The summed E-state index contributed by atoms with van der Waals surface area (Å²) in [5, 5.41) is 24.3. The molecule has 0 radical (unpaired) electrons. The summed E-state index contributed by atoms with van der Waals surface area (Å²) in [6, 6.07) is 12.2. The number of nitrogens with zero attached hydrogens (tertiary/aromatic N) is 3. The maximum absolute atomic E-state index is 12.0. The van der Waals surface area contributed by atoms with Crippen molar-refractivity contribution in [3.8, 4) is 22.9 Å². The first kappa shape index (κ1) is 20.7. The molecule has 0 saturated heterocycles. The highest BCUT2D eigenvalue weighted by Crippen LogP contribution is 2.25. The van der Waals surface area contributed by atoms with Crippen molar-refractivity contribution in [2.75, 3.05) is 12.9 Å². The predicted octanol–water partition coefficient (Wildman–Crippen LogP) is 1.88. The number of benzene rings is 2. The van der Waals surface area contributed by atoms with Gasteiger partial charge in [0.05, 0.1) is 36.8 Å². The number of H-pyrrole nitrogens is 1. The molecule has 2 N–H and O–H groups in total. The third-order valence-corrected chi connectivity index (χ3v) is 5.20. The maximum atomic E-state index is 12.0. The minimum absolute atomic E-state index is 0.105. The van der Waals surface area contributed by atoms with Crippen LogP contribution in [0.1, 0.15) is 5.56 Å². The van der Waals surface area contributed by atoms with E-state index in [-0.39, 0.29) is 23.2 Å². The van der Waals surface area contributed by atoms with Gasteiger partial charge in [0.25, 0.3) is 11.7 Å². The van der Waals surface area contributed by atoms with Crippen molar-refractivity contribution in [3.63, 3.8) is 0 Å². The smallest absolute Gasteiger partial charge is 0.337 e. The summed E-state index contributed by atoms with van der Waals surface area (Å²) in [7, 11) is 3.26. The van der Waals surface area contributed by atoms with Crippen molar-refractivity contribution in [2.24, 2.45) is 12.1 Å². The topological polar surface area (TPSA) is 106 Å². The lowest BCUT2D eigenvalue weighted by atomic mass is 10.2. The van der Waals surface area contributed by atoms with Crippen molar-refractivity contribution in [3.05, 3.63) is 53.1 Å². The number of hydrogen-bond acceptors (Lipinski definition) is 6. The number of ether oxygens (including phenoxy) is 1. The number of nitrogens with one attached hydrogen (secondary N) is 2. The molecular formula is C19H18ClN5O3S. The van der Waals surface area contributed by atoms with Crippen LogP contribution in [-0.2, 0) is 11.8 Å². The van der Waals surface area contributed by atoms with Gasteiger partial charge in [0, 0.05) is 5.02 Å². The molecule has 3 rings (SSSR count). The quantitative estimate of drug-likeness (QED) is 0.257. The molecule has 0 aliphatic rings. The fourth-order valence-corrected chi connectivity index (χ4v) is 3.41. The molecule has 0 bridgehead atoms. The van der Waals surface area contributed by atoms with Gasteiger partial charge in [-0.1, -0.05) is 35.5 Å².